The molecule has 0 spiro atoms. The number of halogens is 2. The molecule has 2 rings (SSSR count). The number of benzene rings is 1. The molecule has 1 aliphatic rings. The maximum Gasteiger partial charge on any atom is 0.144 e. The molecule has 5 heteroatoms. The van der Waals surface area contributed by atoms with Crippen molar-refractivity contribution in [3.8, 4) is 5.75 Å². The van der Waals surface area contributed by atoms with E-state index in [4.69, 9.17) is 16.3 Å². The van der Waals surface area contributed by atoms with Crippen LogP contribution in [0.4, 0.5) is 5.69 Å². The number of hydrogen-bond acceptors (Lipinski definition) is 3. The van der Waals surface area contributed by atoms with Gasteiger partial charge in [-0.3, -0.25) is 0 Å². The van der Waals surface area contributed by atoms with Crippen molar-refractivity contribution < 1.29 is 4.74 Å². The second kappa shape index (κ2) is 4.82. The Morgan fingerprint density at radius 1 is 1.50 bits per heavy atom. The summed E-state index contributed by atoms with van der Waals surface area (Å²) in [5.74, 6) is 0.800. The summed E-state index contributed by atoms with van der Waals surface area (Å²) in [5, 5.41) is 3.93. The van der Waals surface area contributed by atoms with Gasteiger partial charge in [-0.25, -0.2) is 0 Å². The average Bonchev–Trinajstić information content (AvgIpc) is 2.13. The van der Waals surface area contributed by atoms with Gasteiger partial charge in [-0.05, 0) is 22.0 Å². The molecule has 1 N–H and O–H groups in total. The highest BCUT2D eigenvalue weighted by Crippen LogP contribution is 2.39. The first-order valence-electron chi connectivity index (χ1n) is 5.10. The number of likely N-dealkylation sites (N-methyl/N-ethyl adjacent to an activating group) is 1. The highest BCUT2D eigenvalue weighted by Gasteiger charge is 2.25. The van der Waals surface area contributed by atoms with E-state index in [1.54, 1.807) is 7.11 Å². The Balaban J connectivity index is 2.37. The van der Waals surface area contributed by atoms with E-state index >= 15 is 0 Å². The van der Waals surface area contributed by atoms with E-state index in [9.17, 15) is 0 Å². The first-order valence-corrected chi connectivity index (χ1v) is 6.27. The summed E-state index contributed by atoms with van der Waals surface area (Å²) in [6, 6.07) is 4.25. The molecule has 88 valence electrons. The summed E-state index contributed by atoms with van der Waals surface area (Å²) in [6.07, 6.45) is 0. The number of hydrogen-bond donors (Lipinski definition) is 1. The summed E-state index contributed by atoms with van der Waals surface area (Å²) in [7, 11) is 3.73. The Bertz CT molecular complexity index is 396. The van der Waals surface area contributed by atoms with Gasteiger partial charge in [-0.1, -0.05) is 11.6 Å². The molecular weight excluding hydrogens is 291 g/mol. The molecule has 3 nitrogen and oxygen atoms in total. The van der Waals surface area contributed by atoms with Crippen molar-refractivity contribution >= 4 is 33.2 Å². The Labute approximate surface area is 109 Å². The highest BCUT2D eigenvalue weighted by molar-refractivity contribution is 9.10. The van der Waals surface area contributed by atoms with Crippen LogP contribution in [0.25, 0.3) is 0 Å². The SMILES string of the molecule is COc1cc(Cl)cc(Br)c1N(C)C1CNC1. The van der Waals surface area contributed by atoms with E-state index in [-0.39, 0.29) is 0 Å². The third kappa shape index (κ3) is 2.14. The first-order chi connectivity index (χ1) is 7.63. The minimum atomic E-state index is 0.520. The number of nitrogens with zero attached hydrogens (tertiary/aromatic N) is 1. The van der Waals surface area contributed by atoms with Gasteiger partial charge < -0.3 is 15.0 Å². The molecule has 0 bridgehead atoms. The molecule has 0 atom stereocenters. The van der Waals surface area contributed by atoms with Crippen molar-refractivity contribution in [2.24, 2.45) is 0 Å². The Hall–Kier alpha value is -0.450. The Morgan fingerprint density at radius 2 is 2.19 bits per heavy atom. The molecule has 16 heavy (non-hydrogen) atoms. The fourth-order valence-electron chi connectivity index (χ4n) is 1.77. The van der Waals surface area contributed by atoms with Crippen LogP contribution in [-0.4, -0.2) is 33.3 Å². The van der Waals surface area contributed by atoms with Gasteiger partial charge >= 0.3 is 0 Å². The monoisotopic (exact) mass is 304 g/mol. The third-order valence-corrected chi connectivity index (χ3v) is 3.70. The molecule has 1 aromatic rings. The lowest BCUT2D eigenvalue weighted by Crippen LogP contribution is -2.56. The highest BCUT2D eigenvalue weighted by atomic mass is 79.9. The number of methoxy groups -OCH3 is 1. The van der Waals surface area contributed by atoms with Crippen LogP contribution in [0.5, 0.6) is 5.75 Å². The van der Waals surface area contributed by atoms with Crippen LogP contribution in [-0.2, 0) is 0 Å². The van der Waals surface area contributed by atoms with Crippen LogP contribution in [0.1, 0.15) is 0 Å². The van der Waals surface area contributed by atoms with Crippen molar-refractivity contribution in [1.82, 2.24) is 5.32 Å². The lowest BCUT2D eigenvalue weighted by Gasteiger charge is -2.38. The van der Waals surface area contributed by atoms with Gasteiger partial charge in [0.2, 0.25) is 0 Å². The molecule has 0 aliphatic carbocycles. The van der Waals surface area contributed by atoms with Crippen molar-refractivity contribution in [2.45, 2.75) is 6.04 Å². The number of rotatable bonds is 3. The topological polar surface area (TPSA) is 24.5 Å². The number of anilines is 1. The molecule has 0 unspecified atom stereocenters. The lowest BCUT2D eigenvalue weighted by atomic mass is 10.1. The van der Waals surface area contributed by atoms with Gasteiger partial charge in [0.1, 0.15) is 5.75 Å². The summed E-state index contributed by atoms with van der Waals surface area (Å²) < 4.78 is 6.33. The average molecular weight is 306 g/mol. The van der Waals surface area contributed by atoms with E-state index < -0.39 is 0 Å². The largest absolute Gasteiger partial charge is 0.494 e. The van der Waals surface area contributed by atoms with Crippen molar-refractivity contribution in [2.75, 3.05) is 32.1 Å². The van der Waals surface area contributed by atoms with E-state index in [0.717, 1.165) is 29.0 Å². The minimum Gasteiger partial charge on any atom is -0.494 e. The summed E-state index contributed by atoms with van der Waals surface area (Å²) >= 11 is 9.53. The molecule has 0 saturated carbocycles. The van der Waals surface area contributed by atoms with E-state index in [0.29, 0.717) is 11.1 Å². The van der Waals surface area contributed by atoms with Crippen LogP contribution in [0.3, 0.4) is 0 Å². The predicted molar refractivity (Wildman–Crippen MR) is 70.8 cm³/mol. The second-order valence-corrected chi connectivity index (χ2v) is 5.15. The van der Waals surface area contributed by atoms with Gasteiger partial charge in [0.05, 0.1) is 18.8 Å². The summed E-state index contributed by atoms with van der Waals surface area (Å²) in [5.41, 5.74) is 1.05. The molecular formula is C11H14BrClN2O. The van der Waals surface area contributed by atoms with E-state index in [1.165, 1.54) is 0 Å². The summed E-state index contributed by atoms with van der Waals surface area (Å²) in [4.78, 5) is 2.22. The Kier molecular flexibility index (Phi) is 3.62. The minimum absolute atomic E-state index is 0.520. The molecule has 1 aliphatic heterocycles. The van der Waals surface area contributed by atoms with Crippen molar-refractivity contribution in [3.63, 3.8) is 0 Å². The normalized spacial score (nSPS) is 15.8. The molecule has 1 fully saturated rings. The zero-order valence-corrected chi connectivity index (χ0v) is 11.6. The van der Waals surface area contributed by atoms with Gasteiger partial charge in [0.15, 0.2) is 0 Å². The second-order valence-electron chi connectivity index (χ2n) is 3.86. The van der Waals surface area contributed by atoms with Crippen LogP contribution in [0.15, 0.2) is 16.6 Å². The van der Waals surface area contributed by atoms with Crippen LogP contribution in [0.2, 0.25) is 5.02 Å². The van der Waals surface area contributed by atoms with Gasteiger partial charge in [0, 0.05) is 35.7 Å². The van der Waals surface area contributed by atoms with Gasteiger partial charge in [0.25, 0.3) is 0 Å². The smallest absolute Gasteiger partial charge is 0.144 e. The van der Waals surface area contributed by atoms with Crippen LogP contribution in [0, 0.1) is 0 Å². The van der Waals surface area contributed by atoms with Gasteiger partial charge in [-0.15, -0.1) is 0 Å². The Morgan fingerprint density at radius 3 is 2.69 bits per heavy atom. The molecule has 0 radical (unpaired) electrons. The fourth-order valence-corrected chi connectivity index (χ4v) is 2.83. The zero-order chi connectivity index (χ0) is 11.7. The van der Waals surface area contributed by atoms with Gasteiger partial charge in [-0.2, -0.15) is 0 Å². The molecule has 1 saturated heterocycles. The molecule has 0 aromatic heterocycles. The van der Waals surface area contributed by atoms with Crippen LogP contribution < -0.4 is 15.0 Å². The molecule has 1 aromatic carbocycles. The zero-order valence-electron chi connectivity index (χ0n) is 9.26. The quantitative estimate of drug-likeness (QED) is 0.929. The summed E-state index contributed by atoms with van der Waals surface area (Å²) in [6.45, 7) is 2.02. The molecule has 1 heterocycles. The maximum atomic E-state index is 5.99. The third-order valence-electron chi connectivity index (χ3n) is 2.87. The standard InChI is InChI=1S/C11H14BrClN2O/c1-15(8-5-14-6-8)11-9(12)3-7(13)4-10(11)16-2/h3-4,8,14H,5-6H2,1-2H3. The molecule has 0 amide bonds. The predicted octanol–water partition coefficient (Wildman–Crippen LogP) is 2.52. The van der Waals surface area contributed by atoms with E-state index in [2.05, 4.69) is 33.2 Å². The van der Waals surface area contributed by atoms with E-state index in [1.807, 2.05) is 12.1 Å². The maximum absolute atomic E-state index is 5.99. The van der Waals surface area contributed by atoms with Crippen molar-refractivity contribution in [3.05, 3.63) is 21.6 Å². The number of nitrogens with one attached hydrogen (secondary N) is 1. The number of ether oxygens (including phenoxy) is 1. The van der Waals surface area contributed by atoms with Crippen LogP contribution >= 0.6 is 27.5 Å². The fraction of sp³-hybridized carbons (Fsp3) is 0.455. The van der Waals surface area contributed by atoms with Crippen molar-refractivity contribution in [1.29, 1.82) is 0 Å². The lowest BCUT2D eigenvalue weighted by molar-refractivity contribution is 0.400. The first kappa shape index (κ1) is 12.0.